The second-order valence-electron chi connectivity index (χ2n) is 3.91. The molecule has 1 heteroatoms. The van der Waals surface area contributed by atoms with Gasteiger partial charge in [0.1, 0.15) is 0 Å². The van der Waals surface area contributed by atoms with E-state index >= 15 is 0 Å². The van der Waals surface area contributed by atoms with Gasteiger partial charge >= 0.3 is 0 Å². The van der Waals surface area contributed by atoms with Crippen LogP contribution >= 0.6 is 11.8 Å². The fraction of sp³-hybridized carbons (Fsp3) is 0.231. The molecule has 0 bridgehead atoms. The first kappa shape index (κ1) is 8.37. The Morgan fingerprint density at radius 2 is 2.00 bits per heavy atom. The molecule has 0 radical (unpaired) electrons. The van der Waals surface area contributed by atoms with Crippen LogP contribution in [0.15, 0.2) is 35.2 Å². The minimum absolute atomic E-state index is 1.24. The highest BCUT2D eigenvalue weighted by Gasteiger charge is 2.11. The van der Waals surface area contributed by atoms with Crippen LogP contribution in [-0.2, 0) is 6.42 Å². The van der Waals surface area contributed by atoms with E-state index in [9.17, 15) is 0 Å². The summed E-state index contributed by atoms with van der Waals surface area (Å²) in [5.74, 6) is 1.25. The molecular formula is C13H12S. The minimum Gasteiger partial charge on any atom is -0.126 e. The minimum atomic E-state index is 1.24. The second kappa shape index (κ2) is 3.03. The van der Waals surface area contributed by atoms with Crippen molar-refractivity contribution in [2.75, 3.05) is 5.75 Å². The molecule has 70 valence electrons. The molecule has 0 aliphatic carbocycles. The van der Waals surface area contributed by atoms with Crippen molar-refractivity contribution < 1.29 is 0 Å². The molecule has 0 unspecified atom stereocenters. The summed E-state index contributed by atoms with van der Waals surface area (Å²) in [6.07, 6.45) is 1.24. The average molecular weight is 200 g/mol. The van der Waals surface area contributed by atoms with Crippen LogP contribution in [0.1, 0.15) is 11.1 Å². The molecule has 0 nitrogen and oxygen atoms in total. The summed E-state index contributed by atoms with van der Waals surface area (Å²) in [4.78, 5) is 1.49. The molecule has 0 atom stereocenters. The van der Waals surface area contributed by atoms with Crippen molar-refractivity contribution in [2.24, 2.45) is 0 Å². The van der Waals surface area contributed by atoms with Gasteiger partial charge in [-0.3, -0.25) is 0 Å². The van der Waals surface area contributed by atoms with Crippen LogP contribution in [0.3, 0.4) is 0 Å². The predicted molar refractivity (Wildman–Crippen MR) is 63.1 cm³/mol. The largest absolute Gasteiger partial charge is 0.126 e. The van der Waals surface area contributed by atoms with Gasteiger partial charge in [0.25, 0.3) is 0 Å². The van der Waals surface area contributed by atoms with Gasteiger partial charge < -0.3 is 0 Å². The highest BCUT2D eigenvalue weighted by molar-refractivity contribution is 7.99. The Morgan fingerprint density at radius 1 is 1.07 bits per heavy atom. The third-order valence-electron chi connectivity index (χ3n) is 2.80. The topological polar surface area (TPSA) is 0 Å². The van der Waals surface area contributed by atoms with Crippen molar-refractivity contribution in [3.63, 3.8) is 0 Å². The molecule has 0 amide bonds. The first-order chi connectivity index (χ1) is 6.83. The third-order valence-corrected chi connectivity index (χ3v) is 3.90. The molecule has 1 heterocycles. The van der Waals surface area contributed by atoms with Gasteiger partial charge in [0.15, 0.2) is 0 Å². The van der Waals surface area contributed by atoms with Crippen LogP contribution in [0.25, 0.3) is 10.8 Å². The number of rotatable bonds is 0. The van der Waals surface area contributed by atoms with Gasteiger partial charge in [0.2, 0.25) is 0 Å². The van der Waals surface area contributed by atoms with Gasteiger partial charge in [-0.1, -0.05) is 29.8 Å². The van der Waals surface area contributed by atoms with E-state index in [0.717, 1.165) is 0 Å². The van der Waals surface area contributed by atoms with Gasteiger partial charge in [-0.2, -0.15) is 0 Å². The molecule has 0 N–H and O–H groups in total. The highest BCUT2D eigenvalue weighted by atomic mass is 32.2. The lowest BCUT2D eigenvalue weighted by atomic mass is 10.0. The summed E-state index contributed by atoms with van der Waals surface area (Å²) in [7, 11) is 0. The summed E-state index contributed by atoms with van der Waals surface area (Å²) in [6.45, 7) is 2.15. The summed E-state index contributed by atoms with van der Waals surface area (Å²) in [5.41, 5.74) is 2.89. The Hall–Kier alpha value is -0.950. The van der Waals surface area contributed by atoms with Crippen molar-refractivity contribution >= 4 is 22.5 Å². The third kappa shape index (κ3) is 1.24. The van der Waals surface area contributed by atoms with Crippen molar-refractivity contribution in [2.45, 2.75) is 18.2 Å². The maximum absolute atomic E-state index is 2.36. The van der Waals surface area contributed by atoms with E-state index in [2.05, 4.69) is 37.3 Å². The zero-order valence-electron chi connectivity index (χ0n) is 8.21. The summed E-state index contributed by atoms with van der Waals surface area (Å²) in [5, 5.41) is 2.77. The van der Waals surface area contributed by atoms with Crippen LogP contribution in [0, 0.1) is 6.92 Å². The summed E-state index contributed by atoms with van der Waals surface area (Å²) >= 11 is 1.99. The molecule has 2 aromatic carbocycles. The average Bonchev–Trinajstić information content (AvgIpc) is 2.61. The molecule has 2 aromatic rings. The Kier molecular flexibility index (Phi) is 1.81. The van der Waals surface area contributed by atoms with Crippen molar-refractivity contribution in [3.8, 4) is 0 Å². The monoisotopic (exact) mass is 200 g/mol. The molecule has 0 saturated carbocycles. The fourth-order valence-corrected chi connectivity index (χ4v) is 3.14. The molecule has 0 spiro atoms. The maximum atomic E-state index is 2.36. The number of hydrogen-bond donors (Lipinski definition) is 0. The molecule has 14 heavy (non-hydrogen) atoms. The van der Waals surface area contributed by atoms with Gasteiger partial charge in [-0.25, -0.2) is 0 Å². The van der Waals surface area contributed by atoms with E-state index in [0.29, 0.717) is 0 Å². The second-order valence-corrected chi connectivity index (χ2v) is 5.05. The van der Waals surface area contributed by atoms with Crippen molar-refractivity contribution in [3.05, 3.63) is 41.5 Å². The highest BCUT2D eigenvalue weighted by Crippen LogP contribution is 2.34. The fourth-order valence-electron chi connectivity index (χ4n) is 2.04. The quantitative estimate of drug-likeness (QED) is 0.623. The van der Waals surface area contributed by atoms with Gasteiger partial charge in [0.05, 0.1) is 0 Å². The number of benzene rings is 2. The first-order valence-corrected chi connectivity index (χ1v) is 5.97. The lowest BCUT2D eigenvalue weighted by molar-refractivity contribution is 1.16. The normalized spacial score (nSPS) is 14.6. The number of hydrogen-bond acceptors (Lipinski definition) is 1. The number of aryl methyl sites for hydroxylation is 2. The summed E-state index contributed by atoms with van der Waals surface area (Å²) in [6, 6.07) is 11.4. The van der Waals surface area contributed by atoms with E-state index in [-0.39, 0.29) is 0 Å². The zero-order chi connectivity index (χ0) is 9.54. The number of thioether (sulfide) groups is 1. The van der Waals surface area contributed by atoms with Gasteiger partial charge in [0, 0.05) is 10.6 Å². The van der Waals surface area contributed by atoms with Gasteiger partial charge in [-0.15, -0.1) is 11.8 Å². The van der Waals surface area contributed by atoms with Crippen LogP contribution in [0.5, 0.6) is 0 Å². The van der Waals surface area contributed by atoms with Crippen molar-refractivity contribution in [1.82, 2.24) is 0 Å². The maximum Gasteiger partial charge on any atom is 0.0111 e. The van der Waals surface area contributed by atoms with E-state index in [1.165, 1.54) is 39.0 Å². The van der Waals surface area contributed by atoms with Crippen LogP contribution < -0.4 is 0 Å². The van der Waals surface area contributed by atoms with Crippen LogP contribution in [0.4, 0.5) is 0 Å². The van der Waals surface area contributed by atoms with E-state index in [1.807, 2.05) is 11.8 Å². The molecule has 0 fully saturated rings. The SMILES string of the molecule is Cc1ccc2cc3c(cc2c1)CCS3. The van der Waals surface area contributed by atoms with E-state index < -0.39 is 0 Å². The Bertz CT molecular complexity index is 500. The molecule has 1 aliphatic heterocycles. The zero-order valence-corrected chi connectivity index (χ0v) is 9.03. The Morgan fingerprint density at radius 3 is 2.93 bits per heavy atom. The molecule has 1 aliphatic rings. The number of fused-ring (bicyclic) bond motifs is 2. The lowest BCUT2D eigenvalue weighted by Crippen LogP contribution is -1.82. The standard InChI is InChI=1S/C13H12S/c1-9-2-3-10-8-13-11(4-5-14-13)7-12(10)6-9/h2-3,6-8H,4-5H2,1H3. The van der Waals surface area contributed by atoms with Crippen LogP contribution in [-0.4, -0.2) is 5.75 Å². The Labute approximate surface area is 88.3 Å². The molecule has 3 rings (SSSR count). The molecule has 0 saturated heterocycles. The Balaban J connectivity index is 2.33. The van der Waals surface area contributed by atoms with E-state index in [4.69, 9.17) is 0 Å². The van der Waals surface area contributed by atoms with Crippen molar-refractivity contribution in [1.29, 1.82) is 0 Å². The van der Waals surface area contributed by atoms with Gasteiger partial charge in [-0.05, 0) is 35.7 Å². The van der Waals surface area contributed by atoms with Crippen LogP contribution in [0.2, 0.25) is 0 Å². The predicted octanol–water partition coefficient (Wildman–Crippen LogP) is 3.80. The molecule has 0 aromatic heterocycles. The smallest absolute Gasteiger partial charge is 0.0111 e. The summed E-state index contributed by atoms with van der Waals surface area (Å²) < 4.78 is 0. The van der Waals surface area contributed by atoms with E-state index in [1.54, 1.807) is 0 Å². The molecular weight excluding hydrogens is 188 g/mol. The first-order valence-electron chi connectivity index (χ1n) is 4.99. The lowest BCUT2D eigenvalue weighted by Gasteiger charge is -2.03.